The monoisotopic (exact) mass is 408 g/mol. The third-order valence-corrected chi connectivity index (χ3v) is 4.89. The molecule has 0 aliphatic carbocycles. The average Bonchev–Trinajstić information content (AvgIpc) is 3.06. The van der Waals surface area contributed by atoms with Crippen LogP contribution in [0.15, 0.2) is 72.8 Å². The Morgan fingerprint density at radius 1 is 1.10 bits per heavy atom. The van der Waals surface area contributed by atoms with Crippen molar-refractivity contribution in [1.29, 1.82) is 0 Å². The normalized spacial score (nSPS) is 12.1. The Labute approximate surface area is 172 Å². The Balaban J connectivity index is 1.68. The first-order chi connectivity index (χ1) is 14.0. The standard InChI is InChI=1S/C23H18ClFN2O2/c1-15(29-23(28)17-7-10-19(25)11-8-17)22-26-20-13-18(24)9-12-21(20)27(22)14-16-5-3-2-4-6-16/h2-13,15H,14H2,1H3. The highest BCUT2D eigenvalue weighted by Gasteiger charge is 2.21. The summed E-state index contributed by atoms with van der Waals surface area (Å²) in [6.07, 6.45) is -0.609. The molecule has 0 radical (unpaired) electrons. The third kappa shape index (κ3) is 4.15. The number of hydrogen-bond acceptors (Lipinski definition) is 3. The Bertz CT molecular complexity index is 1160. The number of rotatable bonds is 5. The van der Waals surface area contributed by atoms with Gasteiger partial charge in [0.2, 0.25) is 0 Å². The number of fused-ring (bicyclic) bond motifs is 1. The highest BCUT2D eigenvalue weighted by molar-refractivity contribution is 6.31. The molecule has 3 aromatic carbocycles. The van der Waals surface area contributed by atoms with Gasteiger partial charge < -0.3 is 9.30 Å². The molecule has 4 nitrogen and oxygen atoms in total. The van der Waals surface area contributed by atoms with E-state index >= 15 is 0 Å². The smallest absolute Gasteiger partial charge is 0.338 e. The van der Waals surface area contributed by atoms with E-state index in [9.17, 15) is 9.18 Å². The summed E-state index contributed by atoms with van der Waals surface area (Å²) in [5.74, 6) is -0.327. The molecule has 1 heterocycles. The van der Waals surface area contributed by atoms with Crippen molar-refractivity contribution in [3.8, 4) is 0 Å². The molecule has 1 aromatic heterocycles. The molecule has 0 spiro atoms. The topological polar surface area (TPSA) is 44.1 Å². The van der Waals surface area contributed by atoms with E-state index < -0.39 is 17.9 Å². The second-order valence-electron chi connectivity index (χ2n) is 6.73. The molecule has 0 aliphatic rings. The Kier molecular flexibility index (Phi) is 5.32. The molecule has 0 aliphatic heterocycles. The summed E-state index contributed by atoms with van der Waals surface area (Å²) in [6, 6.07) is 20.7. The number of benzene rings is 3. The van der Waals surface area contributed by atoms with Gasteiger partial charge in [-0.2, -0.15) is 0 Å². The second-order valence-corrected chi connectivity index (χ2v) is 7.17. The van der Waals surface area contributed by atoms with Crippen LogP contribution in [0, 0.1) is 5.82 Å². The summed E-state index contributed by atoms with van der Waals surface area (Å²) in [5.41, 5.74) is 3.01. The lowest BCUT2D eigenvalue weighted by Crippen LogP contribution is -2.14. The lowest BCUT2D eigenvalue weighted by Gasteiger charge is -2.16. The fourth-order valence-corrected chi connectivity index (χ4v) is 3.40. The number of ether oxygens (including phenoxy) is 1. The van der Waals surface area contributed by atoms with Crippen molar-refractivity contribution >= 4 is 28.6 Å². The van der Waals surface area contributed by atoms with Crippen molar-refractivity contribution in [2.75, 3.05) is 0 Å². The maximum Gasteiger partial charge on any atom is 0.338 e. The van der Waals surface area contributed by atoms with E-state index in [0.717, 1.165) is 16.6 Å². The quantitative estimate of drug-likeness (QED) is 0.392. The van der Waals surface area contributed by atoms with Gasteiger partial charge >= 0.3 is 5.97 Å². The number of halogens is 2. The van der Waals surface area contributed by atoms with Gasteiger partial charge in [0, 0.05) is 11.6 Å². The Morgan fingerprint density at radius 2 is 1.83 bits per heavy atom. The number of esters is 1. The van der Waals surface area contributed by atoms with Gasteiger partial charge in [-0.1, -0.05) is 41.9 Å². The number of hydrogen-bond donors (Lipinski definition) is 0. The van der Waals surface area contributed by atoms with Crippen LogP contribution in [0.3, 0.4) is 0 Å². The number of aromatic nitrogens is 2. The van der Waals surface area contributed by atoms with Crippen molar-refractivity contribution in [3.63, 3.8) is 0 Å². The maximum absolute atomic E-state index is 13.1. The van der Waals surface area contributed by atoms with Crippen LogP contribution < -0.4 is 0 Å². The molecule has 4 rings (SSSR count). The molecule has 0 saturated carbocycles. The minimum Gasteiger partial charge on any atom is -0.451 e. The molecule has 0 N–H and O–H groups in total. The molecule has 1 atom stereocenters. The summed E-state index contributed by atoms with van der Waals surface area (Å²) in [7, 11) is 0. The molecule has 0 saturated heterocycles. The van der Waals surface area contributed by atoms with E-state index in [1.807, 2.05) is 47.0 Å². The number of carbonyl (C=O) groups excluding carboxylic acids is 1. The molecule has 1 unspecified atom stereocenters. The zero-order valence-corrected chi connectivity index (χ0v) is 16.4. The van der Waals surface area contributed by atoms with E-state index in [4.69, 9.17) is 16.3 Å². The highest BCUT2D eigenvalue weighted by Crippen LogP contribution is 2.27. The largest absolute Gasteiger partial charge is 0.451 e. The van der Waals surface area contributed by atoms with Gasteiger partial charge in [-0.05, 0) is 55.0 Å². The van der Waals surface area contributed by atoms with Gasteiger partial charge in [-0.25, -0.2) is 14.2 Å². The SMILES string of the molecule is CC(OC(=O)c1ccc(F)cc1)c1nc2cc(Cl)ccc2n1Cc1ccccc1. The molecule has 6 heteroatoms. The van der Waals surface area contributed by atoms with Gasteiger partial charge in [0.1, 0.15) is 5.82 Å². The third-order valence-electron chi connectivity index (χ3n) is 4.65. The zero-order valence-electron chi connectivity index (χ0n) is 15.7. The van der Waals surface area contributed by atoms with E-state index in [1.165, 1.54) is 24.3 Å². The maximum atomic E-state index is 13.1. The summed E-state index contributed by atoms with van der Waals surface area (Å²) >= 11 is 6.13. The predicted octanol–water partition coefficient (Wildman–Crippen LogP) is 5.80. The fraction of sp³-hybridized carbons (Fsp3) is 0.130. The van der Waals surface area contributed by atoms with Crippen LogP contribution in [0.4, 0.5) is 4.39 Å². The van der Waals surface area contributed by atoms with Gasteiger partial charge in [-0.15, -0.1) is 0 Å². The zero-order chi connectivity index (χ0) is 20.4. The lowest BCUT2D eigenvalue weighted by atomic mass is 10.2. The predicted molar refractivity (Wildman–Crippen MR) is 111 cm³/mol. The van der Waals surface area contributed by atoms with Crippen LogP contribution in [0.1, 0.15) is 34.8 Å². The minimum absolute atomic E-state index is 0.284. The Morgan fingerprint density at radius 3 is 2.55 bits per heavy atom. The first-order valence-electron chi connectivity index (χ1n) is 9.17. The van der Waals surface area contributed by atoms with Crippen LogP contribution in [-0.2, 0) is 11.3 Å². The number of carbonyl (C=O) groups is 1. The Hall–Kier alpha value is -3.18. The fourth-order valence-electron chi connectivity index (χ4n) is 3.23. The van der Waals surface area contributed by atoms with Gasteiger partial charge in [-0.3, -0.25) is 0 Å². The first kappa shape index (κ1) is 19.2. The van der Waals surface area contributed by atoms with Crippen LogP contribution in [0.2, 0.25) is 5.02 Å². The lowest BCUT2D eigenvalue weighted by molar-refractivity contribution is 0.0314. The van der Waals surface area contributed by atoms with E-state index in [1.54, 1.807) is 13.0 Å². The van der Waals surface area contributed by atoms with Crippen LogP contribution >= 0.6 is 11.6 Å². The second kappa shape index (κ2) is 8.05. The van der Waals surface area contributed by atoms with Crippen molar-refractivity contribution < 1.29 is 13.9 Å². The van der Waals surface area contributed by atoms with E-state index in [0.29, 0.717) is 17.4 Å². The molecular weight excluding hydrogens is 391 g/mol. The molecule has 146 valence electrons. The first-order valence-corrected chi connectivity index (χ1v) is 9.55. The number of nitrogens with zero attached hydrogens (tertiary/aromatic N) is 2. The number of imidazole rings is 1. The average molecular weight is 409 g/mol. The highest BCUT2D eigenvalue weighted by atomic mass is 35.5. The van der Waals surface area contributed by atoms with Gasteiger partial charge in [0.25, 0.3) is 0 Å². The summed E-state index contributed by atoms with van der Waals surface area (Å²) < 4.78 is 20.8. The van der Waals surface area contributed by atoms with Crippen LogP contribution in [-0.4, -0.2) is 15.5 Å². The van der Waals surface area contributed by atoms with Crippen LogP contribution in [0.5, 0.6) is 0 Å². The summed E-state index contributed by atoms with van der Waals surface area (Å²) in [4.78, 5) is 17.1. The van der Waals surface area contributed by atoms with Crippen molar-refractivity contribution in [2.45, 2.75) is 19.6 Å². The minimum atomic E-state index is -0.609. The van der Waals surface area contributed by atoms with Crippen molar-refractivity contribution in [1.82, 2.24) is 9.55 Å². The van der Waals surface area contributed by atoms with Crippen LogP contribution in [0.25, 0.3) is 11.0 Å². The molecule has 0 bridgehead atoms. The molecule has 0 amide bonds. The summed E-state index contributed by atoms with van der Waals surface area (Å²) in [6.45, 7) is 2.35. The molecule has 29 heavy (non-hydrogen) atoms. The van der Waals surface area contributed by atoms with Crippen molar-refractivity contribution in [2.24, 2.45) is 0 Å². The van der Waals surface area contributed by atoms with Crippen molar-refractivity contribution in [3.05, 3.63) is 101 Å². The summed E-state index contributed by atoms with van der Waals surface area (Å²) in [5, 5.41) is 0.587. The molecule has 4 aromatic rings. The van der Waals surface area contributed by atoms with E-state index in [2.05, 4.69) is 4.98 Å². The molecule has 0 fully saturated rings. The van der Waals surface area contributed by atoms with Gasteiger partial charge in [0.05, 0.1) is 16.6 Å². The van der Waals surface area contributed by atoms with E-state index in [-0.39, 0.29) is 5.56 Å². The molecular formula is C23H18ClFN2O2. The van der Waals surface area contributed by atoms with Gasteiger partial charge in [0.15, 0.2) is 11.9 Å².